The Morgan fingerprint density at radius 3 is 2.43 bits per heavy atom. The minimum atomic E-state index is -0.441. The number of nitrogens with zero attached hydrogens (tertiary/aromatic N) is 3. The van der Waals surface area contributed by atoms with Gasteiger partial charge < -0.3 is 0 Å². The average molecular weight is 348 g/mol. The number of benzene rings is 2. The summed E-state index contributed by atoms with van der Waals surface area (Å²) in [4.78, 5) is 12.1. The van der Waals surface area contributed by atoms with Crippen LogP contribution in [0.25, 0.3) is 5.69 Å². The summed E-state index contributed by atoms with van der Waals surface area (Å²) >= 11 is 12.1. The number of hydrazine groups is 1. The van der Waals surface area contributed by atoms with Crippen LogP contribution in [0, 0.1) is 0 Å². The van der Waals surface area contributed by atoms with Gasteiger partial charge in [-0.3, -0.25) is 15.6 Å². The molecule has 6 nitrogen and oxygen atoms in total. The van der Waals surface area contributed by atoms with Crippen molar-refractivity contribution in [2.45, 2.75) is 0 Å². The van der Waals surface area contributed by atoms with E-state index in [1.165, 1.54) is 10.9 Å². The van der Waals surface area contributed by atoms with E-state index in [-0.39, 0.29) is 5.69 Å². The van der Waals surface area contributed by atoms with Gasteiger partial charge in [0.1, 0.15) is 0 Å². The van der Waals surface area contributed by atoms with Crippen LogP contribution in [0.5, 0.6) is 0 Å². The maximum absolute atomic E-state index is 12.1. The van der Waals surface area contributed by atoms with Crippen molar-refractivity contribution in [3.05, 3.63) is 70.5 Å². The number of nitrogens with one attached hydrogen (secondary N) is 2. The summed E-state index contributed by atoms with van der Waals surface area (Å²) in [6.45, 7) is 0. The van der Waals surface area contributed by atoms with Gasteiger partial charge in [0.05, 0.1) is 27.6 Å². The molecule has 0 saturated carbocycles. The summed E-state index contributed by atoms with van der Waals surface area (Å²) in [6.07, 6.45) is 1.49. The second-order valence-corrected chi connectivity index (χ2v) is 5.37. The zero-order chi connectivity index (χ0) is 16.2. The first-order valence-corrected chi connectivity index (χ1v) is 7.39. The molecular weight excluding hydrogens is 337 g/mol. The fourth-order valence-corrected chi connectivity index (χ4v) is 2.28. The first-order chi connectivity index (χ1) is 11.1. The van der Waals surface area contributed by atoms with E-state index in [1.54, 1.807) is 36.4 Å². The zero-order valence-corrected chi connectivity index (χ0v) is 13.2. The van der Waals surface area contributed by atoms with Gasteiger partial charge in [0.25, 0.3) is 5.91 Å². The highest BCUT2D eigenvalue weighted by atomic mass is 35.5. The number of hydrogen-bond donors (Lipinski definition) is 2. The summed E-state index contributed by atoms with van der Waals surface area (Å²) in [5, 5.41) is 8.75. The first-order valence-electron chi connectivity index (χ1n) is 6.63. The van der Waals surface area contributed by atoms with Gasteiger partial charge in [-0.1, -0.05) is 52.7 Å². The van der Waals surface area contributed by atoms with Crippen molar-refractivity contribution in [1.29, 1.82) is 0 Å². The van der Waals surface area contributed by atoms with Gasteiger partial charge in [-0.25, -0.2) is 4.68 Å². The van der Waals surface area contributed by atoms with Crippen molar-refractivity contribution in [1.82, 2.24) is 20.4 Å². The fraction of sp³-hybridized carbons (Fsp3) is 0. The van der Waals surface area contributed by atoms with E-state index in [1.807, 2.05) is 12.1 Å². The summed E-state index contributed by atoms with van der Waals surface area (Å²) in [5.41, 5.74) is 6.62. The molecule has 116 valence electrons. The molecule has 0 unspecified atom stereocenters. The summed E-state index contributed by atoms with van der Waals surface area (Å²) in [7, 11) is 0. The Morgan fingerprint density at radius 2 is 1.70 bits per heavy atom. The monoisotopic (exact) mass is 347 g/mol. The number of hydrogen-bond acceptors (Lipinski definition) is 4. The SMILES string of the molecule is O=C(NNc1ccccc1Cl)c1cn(-c2ccccc2Cl)nn1. The Balaban J connectivity index is 1.72. The number of carbonyl (C=O) groups is 1. The van der Waals surface area contributed by atoms with Crippen LogP contribution in [0.2, 0.25) is 10.0 Å². The molecule has 0 fully saturated rings. The van der Waals surface area contributed by atoms with Crippen LogP contribution < -0.4 is 10.9 Å². The molecule has 3 aromatic rings. The fourth-order valence-electron chi connectivity index (χ4n) is 1.87. The first kappa shape index (κ1) is 15.3. The highest BCUT2D eigenvalue weighted by Gasteiger charge is 2.12. The Kier molecular flexibility index (Phi) is 4.45. The quantitative estimate of drug-likeness (QED) is 0.710. The van der Waals surface area contributed by atoms with E-state index in [4.69, 9.17) is 23.2 Å². The number of aromatic nitrogens is 3. The predicted octanol–water partition coefficient (Wildman–Crippen LogP) is 3.33. The Bertz CT molecular complexity index is 849. The summed E-state index contributed by atoms with van der Waals surface area (Å²) < 4.78 is 1.44. The van der Waals surface area contributed by atoms with Gasteiger partial charge in [-0.15, -0.1) is 5.10 Å². The van der Waals surface area contributed by atoms with Crippen molar-refractivity contribution >= 4 is 34.8 Å². The second kappa shape index (κ2) is 6.68. The lowest BCUT2D eigenvalue weighted by atomic mass is 10.3. The molecule has 3 rings (SSSR count). The molecule has 0 aliphatic rings. The number of anilines is 1. The van der Waals surface area contributed by atoms with Crippen LogP contribution in [0.1, 0.15) is 10.5 Å². The molecule has 0 aliphatic heterocycles. The summed E-state index contributed by atoms with van der Waals surface area (Å²) in [5.74, 6) is -0.441. The van der Waals surface area contributed by atoms with Crippen LogP contribution in [-0.2, 0) is 0 Å². The molecule has 1 amide bonds. The molecule has 8 heteroatoms. The number of carbonyl (C=O) groups excluding carboxylic acids is 1. The highest BCUT2D eigenvalue weighted by molar-refractivity contribution is 6.33. The number of halogens is 2. The van der Waals surface area contributed by atoms with Crippen LogP contribution in [0.4, 0.5) is 5.69 Å². The average Bonchev–Trinajstić information content (AvgIpc) is 3.04. The number of rotatable bonds is 4. The number of amides is 1. The van der Waals surface area contributed by atoms with Crippen molar-refractivity contribution in [2.75, 3.05) is 5.43 Å². The lowest BCUT2D eigenvalue weighted by Crippen LogP contribution is -2.29. The van der Waals surface area contributed by atoms with E-state index in [9.17, 15) is 4.79 Å². The van der Waals surface area contributed by atoms with Crippen molar-refractivity contribution in [2.24, 2.45) is 0 Å². The second-order valence-electron chi connectivity index (χ2n) is 4.56. The minimum absolute atomic E-state index is 0.143. The van der Waals surface area contributed by atoms with Crippen LogP contribution in [0.3, 0.4) is 0 Å². The molecule has 0 atom stereocenters. The third-order valence-corrected chi connectivity index (χ3v) is 3.66. The molecular formula is C15H11Cl2N5O. The molecule has 1 heterocycles. The van der Waals surface area contributed by atoms with Gasteiger partial charge in [-0.05, 0) is 24.3 Å². The topological polar surface area (TPSA) is 71.8 Å². The van der Waals surface area contributed by atoms with Crippen LogP contribution in [0.15, 0.2) is 54.7 Å². The third kappa shape index (κ3) is 3.44. The van der Waals surface area contributed by atoms with Gasteiger partial charge in [-0.2, -0.15) is 0 Å². The van der Waals surface area contributed by atoms with Gasteiger partial charge in [0, 0.05) is 0 Å². The van der Waals surface area contributed by atoms with Crippen molar-refractivity contribution in [3.63, 3.8) is 0 Å². The molecule has 0 saturated heterocycles. The van der Waals surface area contributed by atoms with Gasteiger partial charge in [0.2, 0.25) is 0 Å². The summed E-state index contributed by atoms with van der Waals surface area (Å²) in [6, 6.07) is 14.2. The minimum Gasteiger partial charge on any atom is -0.297 e. The standard InChI is InChI=1S/C15H11Cl2N5O/c16-10-5-1-3-7-12(10)18-20-15(23)13-9-22(21-19-13)14-8-4-2-6-11(14)17/h1-9,18H,(H,20,23). The van der Waals surface area contributed by atoms with E-state index >= 15 is 0 Å². The van der Waals surface area contributed by atoms with E-state index in [2.05, 4.69) is 21.2 Å². The Morgan fingerprint density at radius 1 is 1.00 bits per heavy atom. The third-order valence-electron chi connectivity index (χ3n) is 3.01. The lowest BCUT2D eigenvalue weighted by molar-refractivity contribution is 0.0957. The van der Waals surface area contributed by atoms with Gasteiger partial charge >= 0.3 is 0 Å². The molecule has 0 aliphatic carbocycles. The van der Waals surface area contributed by atoms with E-state index in [0.717, 1.165) is 0 Å². The van der Waals surface area contributed by atoms with Crippen LogP contribution in [-0.4, -0.2) is 20.9 Å². The largest absolute Gasteiger partial charge is 0.297 e. The maximum atomic E-state index is 12.1. The molecule has 1 aromatic heterocycles. The lowest BCUT2D eigenvalue weighted by Gasteiger charge is -2.08. The van der Waals surface area contributed by atoms with Crippen molar-refractivity contribution < 1.29 is 4.79 Å². The number of para-hydroxylation sites is 2. The smallest absolute Gasteiger partial charge is 0.291 e. The predicted molar refractivity (Wildman–Crippen MR) is 88.9 cm³/mol. The van der Waals surface area contributed by atoms with Crippen LogP contribution >= 0.6 is 23.2 Å². The molecule has 23 heavy (non-hydrogen) atoms. The van der Waals surface area contributed by atoms with E-state index in [0.29, 0.717) is 21.4 Å². The molecule has 2 N–H and O–H groups in total. The Hall–Kier alpha value is -2.57. The molecule has 0 spiro atoms. The molecule has 2 aromatic carbocycles. The molecule has 0 bridgehead atoms. The zero-order valence-electron chi connectivity index (χ0n) is 11.7. The molecule has 0 radical (unpaired) electrons. The van der Waals surface area contributed by atoms with Gasteiger partial charge in [0.15, 0.2) is 5.69 Å². The van der Waals surface area contributed by atoms with Crippen molar-refractivity contribution in [3.8, 4) is 5.69 Å². The maximum Gasteiger partial charge on any atom is 0.291 e. The Labute approximate surface area is 142 Å². The normalized spacial score (nSPS) is 10.3. The van der Waals surface area contributed by atoms with E-state index < -0.39 is 5.91 Å². The highest BCUT2D eigenvalue weighted by Crippen LogP contribution is 2.20.